The summed E-state index contributed by atoms with van der Waals surface area (Å²) in [6.07, 6.45) is 1.83. The number of nitrogens with zero attached hydrogens (tertiary/aromatic N) is 5. The van der Waals surface area contributed by atoms with E-state index in [0.29, 0.717) is 51.2 Å². The van der Waals surface area contributed by atoms with Gasteiger partial charge in [-0.25, -0.2) is 30.4 Å². The summed E-state index contributed by atoms with van der Waals surface area (Å²) in [7, 11) is 5.00. The number of nitrogens with one attached hydrogen (secondary N) is 2. The normalized spacial score (nSPS) is 12.2. The first kappa shape index (κ1) is 62.9. The molecule has 2 heterocycles. The molecule has 0 aliphatic carbocycles. The fraction of sp³-hybridized carbons (Fsp3) is 0.300. The van der Waals surface area contributed by atoms with Crippen LogP contribution in [0.4, 0.5) is 0 Å². The minimum atomic E-state index is -0.984. The van der Waals surface area contributed by atoms with Crippen molar-refractivity contribution < 1.29 is 52.8 Å². The molecule has 23 heteroatoms. The molecule has 6 rings (SSSR count). The number of hydrogen-bond acceptors (Lipinski definition) is 17. The van der Waals surface area contributed by atoms with E-state index in [1.807, 2.05) is 121 Å². The third kappa shape index (κ3) is 28.3. The number of esters is 3. The molecule has 73 heavy (non-hydrogen) atoms. The molecule has 21 nitrogen and oxygen atoms in total. The maximum atomic E-state index is 11.5. The quantitative estimate of drug-likeness (QED) is 0.0102. The number of rotatable bonds is 17. The van der Waals surface area contributed by atoms with Crippen LogP contribution in [0.25, 0.3) is 0 Å². The number of hydrazine groups is 1. The number of hydrazone groups is 1. The summed E-state index contributed by atoms with van der Waals surface area (Å²) in [5.74, 6) is 1.41. The van der Waals surface area contributed by atoms with Crippen molar-refractivity contribution in [1.82, 2.24) is 10.9 Å². The third-order valence-corrected chi connectivity index (χ3v) is 8.85. The summed E-state index contributed by atoms with van der Waals surface area (Å²) in [6, 6.07) is 38.4. The average Bonchev–Trinajstić information content (AvgIpc) is 4.09. The van der Waals surface area contributed by atoms with Crippen LogP contribution in [0.3, 0.4) is 0 Å². The van der Waals surface area contributed by atoms with E-state index in [4.69, 9.17) is 39.6 Å². The third-order valence-electron chi connectivity index (χ3n) is 8.85. The summed E-state index contributed by atoms with van der Waals surface area (Å²) in [5.41, 5.74) is 21.1. The highest BCUT2D eigenvalue weighted by molar-refractivity contribution is 6.75. The van der Waals surface area contributed by atoms with Gasteiger partial charge < -0.3 is 29.8 Å². The molecule has 4 aromatic carbocycles. The zero-order chi connectivity index (χ0) is 54.2. The highest BCUT2D eigenvalue weighted by Crippen LogP contribution is 2.11. The average molecular weight is 1000 g/mol. The Hall–Kier alpha value is -8.14. The number of carbonyl (C=O) groups is 6. The number of amides is 2. The monoisotopic (exact) mass is 1000 g/mol. The second kappa shape index (κ2) is 38.6. The van der Waals surface area contributed by atoms with Crippen molar-refractivity contribution in [3.63, 3.8) is 0 Å². The van der Waals surface area contributed by atoms with E-state index in [1.54, 1.807) is 27.7 Å². The molecule has 2 aliphatic heterocycles. The van der Waals surface area contributed by atoms with Crippen LogP contribution < -0.4 is 28.2 Å². The van der Waals surface area contributed by atoms with Crippen molar-refractivity contribution in [2.75, 3.05) is 26.4 Å². The van der Waals surface area contributed by atoms with E-state index in [9.17, 15) is 28.8 Å². The van der Waals surface area contributed by atoms with Crippen LogP contribution in [-0.2, 0) is 73.4 Å². The predicted molar refractivity (Wildman–Crippen MR) is 284 cm³/mol. The molecule has 0 aromatic heterocycles. The van der Waals surface area contributed by atoms with Crippen molar-refractivity contribution in [3.8, 4) is 0 Å². The van der Waals surface area contributed by atoms with E-state index in [0.717, 1.165) is 34.5 Å². The number of aliphatic carboxylic acids is 1. The van der Waals surface area contributed by atoms with Crippen LogP contribution in [0.2, 0.25) is 0 Å². The topological polar surface area (TPSA) is 323 Å². The predicted octanol–water partition coefficient (Wildman–Crippen LogP) is 2.21. The van der Waals surface area contributed by atoms with Gasteiger partial charge >= 0.3 is 23.9 Å². The van der Waals surface area contributed by atoms with Crippen molar-refractivity contribution in [1.29, 1.82) is 0 Å². The van der Waals surface area contributed by atoms with Crippen molar-refractivity contribution in [2.45, 2.75) is 72.4 Å². The summed E-state index contributed by atoms with van der Waals surface area (Å²) >= 11 is 0. The molecule has 0 bridgehead atoms. The van der Waals surface area contributed by atoms with Gasteiger partial charge in [-0.1, -0.05) is 129 Å². The number of amidine groups is 1. The fourth-order valence-corrected chi connectivity index (χ4v) is 5.59. The van der Waals surface area contributed by atoms with Gasteiger partial charge in [-0.2, -0.15) is 17.9 Å². The summed E-state index contributed by atoms with van der Waals surface area (Å²) in [5, 5.41) is 27.5. The minimum Gasteiger partial charge on any atom is -0.477 e. The Kier molecular flexibility index (Phi) is 33.2. The van der Waals surface area contributed by atoms with Crippen molar-refractivity contribution >= 4 is 79.8 Å². The molecule has 0 saturated heterocycles. The molecule has 0 fully saturated rings. The van der Waals surface area contributed by atoms with Crippen LogP contribution in [0.5, 0.6) is 0 Å². The number of hydrogen-bond donors (Lipinski definition) is 6. The zero-order valence-electron chi connectivity index (χ0n) is 40.8. The molecular weight excluding hydrogens is 938 g/mol. The van der Waals surface area contributed by atoms with Gasteiger partial charge in [0, 0.05) is 32.3 Å². The molecule has 4 aromatic rings. The summed E-state index contributed by atoms with van der Waals surface area (Å²) in [4.78, 5) is 66.0. The van der Waals surface area contributed by atoms with E-state index in [2.05, 4.69) is 45.8 Å². The zero-order valence-corrected chi connectivity index (χ0v) is 40.8. The maximum absolute atomic E-state index is 11.5. The van der Waals surface area contributed by atoms with Crippen LogP contribution in [-0.4, -0.2) is 118 Å². The van der Waals surface area contributed by atoms with Crippen LogP contribution in [0.1, 0.15) is 62.8 Å². The van der Waals surface area contributed by atoms with E-state index >= 15 is 0 Å². The molecule has 388 valence electrons. The molecule has 0 saturated carbocycles. The maximum Gasteiger partial charge on any atom is 0.375 e. The number of carboxylic acids is 1. The van der Waals surface area contributed by atoms with E-state index in [1.165, 1.54) is 5.56 Å². The number of carbonyl (C=O) groups excluding carboxylic acids is 5. The van der Waals surface area contributed by atoms with Gasteiger partial charge in [-0.15, -0.1) is 15.3 Å². The Morgan fingerprint density at radius 3 is 1.42 bits per heavy atom. The Morgan fingerprint density at radius 2 is 1.03 bits per heavy atom. The van der Waals surface area contributed by atoms with E-state index < -0.39 is 24.1 Å². The molecule has 2 aliphatic rings. The van der Waals surface area contributed by atoms with Crippen LogP contribution in [0.15, 0.2) is 147 Å². The van der Waals surface area contributed by atoms with Crippen LogP contribution in [0, 0.1) is 0 Å². The van der Waals surface area contributed by atoms with Gasteiger partial charge in [-0.3, -0.25) is 20.7 Å². The minimum absolute atomic E-state index is 0.126. The van der Waals surface area contributed by atoms with Gasteiger partial charge in [0.1, 0.15) is 0 Å². The number of nitrogens with two attached hydrogens (primary N) is 3. The summed E-state index contributed by atoms with van der Waals surface area (Å²) in [6.45, 7) is 8.23. The molecule has 9 N–H and O–H groups in total. The van der Waals surface area contributed by atoms with Gasteiger partial charge in [0.2, 0.25) is 23.9 Å². The molecular formula is C50H65B2N10O11-. The lowest BCUT2D eigenvalue weighted by molar-refractivity contribution is -0.156. The Labute approximate surface area is 427 Å². The Bertz CT molecular complexity index is 2450. The fourth-order valence-electron chi connectivity index (χ4n) is 5.59. The second-order valence-electron chi connectivity index (χ2n) is 14.4. The van der Waals surface area contributed by atoms with Gasteiger partial charge in [0.25, 0.3) is 0 Å². The second-order valence-corrected chi connectivity index (χ2v) is 14.4. The lowest BCUT2D eigenvalue weighted by Gasteiger charge is -2.08. The number of benzene rings is 4. The number of carboxylic acid groups (broad SMARTS) is 1. The standard InChI is InChI=1S/C13H14N2O2.C12H15N3O3.C11H10N2O2.C8H10N2O.C6H13NO3.B2H3/c1-2-17-13(16)12-9-11(14-15-12)8-10-6-4-3-5-7-10;1-2-18-12(17)11(13)15-14-10(16)8-9-6-4-3-5-7-9;14-11(15)10-7-9(12-13-10)6-8-4-2-1-3-5-8;9-10-8(11)6-7-4-2-1-3-5-7;1-3-9-5(7)6(8)10-4-2;1-2/h3-7H,2,8-9H2,1H3;3-7H,2,8H2,1H3,(H2,13,15)(H,14,16);1-5H,6-7H2,(H,14,15);1-5H,6,9H2,(H,10,11);5H,3-4,7H2,1-2H3;1H3/q;;;;;-1. The first-order valence-corrected chi connectivity index (χ1v) is 22.4. The first-order valence-electron chi connectivity index (χ1n) is 22.4. The van der Waals surface area contributed by atoms with Gasteiger partial charge in [0.15, 0.2) is 11.4 Å². The highest BCUT2D eigenvalue weighted by Gasteiger charge is 2.21. The summed E-state index contributed by atoms with van der Waals surface area (Å²) < 4.78 is 18.8. The molecule has 1 atom stereocenters. The largest absolute Gasteiger partial charge is 0.477 e. The van der Waals surface area contributed by atoms with Crippen molar-refractivity contribution in [3.05, 3.63) is 144 Å². The lowest BCUT2D eigenvalue weighted by Crippen LogP contribution is -2.34. The van der Waals surface area contributed by atoms with Gasteiger partial charge in [0.05, 0.1) is 44.1 Å². The molecule has 1 unspecified atom stereocenters. The van der Waals surface area contributed by atoms with Crippen molar-refractivity contribution in [2.24, 2.45) is 42.8 Å². The molecule has 0 spiro atoms. The molecule has 2 radical (unpaired) electrons. The number of ether oxygens (including phenoxy) is 4. The smallest absolute Gasteiger partial charge is 0.375 e. The van der Waals surface area contributed by atoms with E-state index in [-0.39, 0.29) is 50.1 Å². The Balaban J connectivity index is 0.000000460. The SMILES string of the molecule is CCOC(=O)/C(N)=N/NC(=O)Cc1ccccc1.CCOC(=O)C(N)OCC.CCOC(=O)C1=NN=C(Cc2ccccc2)C1.NNC(=O)Cc1ccccc1.O=C(O)C1=NN=C(Cc2ccccc2)C1.[B][BH3-]. The first-order chi connectivity index (χ1) is 35.2. The van der Waals surface area contributed by atoms with Crippen LogP contribution >= 0.6 is 0 Å². The highest BCUT2D eigenvalue weighted by atomic mass is 16.6. The van der Waals surface area contributed by atoms with Gasteiger partial charge in [-0.05, 0) is 49.9 Å². The lowest BCUT2D eigenvalue weighted by atomic mass is 9.81. The Morgan fingerprint density at radius 1 is 0.616 bits per heavy atom. The molecule has 2 amide bonds.